The monoisotopic (exact) mass is 130 g/mol. The van der Waals surface area contributed by atoms with Gasteiger partial charge in [0.15, 0.2) is 0 Å². The SMILES string of the molecule is CC1(OO)CCCCC1. The van der Waals surface area contributed by atoms with Crippen molar-refractivity contribution in [3.63, 3.8) is 0 Å². The molecule has 0 aromatic heterocycles. The highest BCUT2D eigenvalue weighted by molar-refractivity contribution is 4.77. The van der Waals surface area contributed by atoms with Gasteiger partial charge in [-0.1, -0.05) is 19.3 Å². The van der Waals surface area contributed by atoms with Crippen molar-refractivity contribution >= 4 is 0 Å². The van der Waals surface area contributed by atoms with Crippen molar-refractivity contribution in [3.05, 3.63) is 0 Å². The molecule has 2 heteroatoms. The molecule has 0 spiro atoms. The van der Waals surface area contributed by atoms with Crippen LogP contribution in [-0.2, 0) is 4.89 Å². The molecule has 1 saturated carbocycles. The van der Waals surface area contributed by atoms with E-state index in [4.69, 9.17) is 5.26 Å². The van der Waals surface area contributed by atoms with Crippen LogP contribution < -0.4 is 0 Å². The fourth-order valence-corrected chi connectivity index (χ4v) is 1.39. The van der Waals surface area contributed by atoms with Gasteiger partial charge in [0.05, 0.1) is 0 Å². The van der Waals surface area contributed by atoms with Gasteiger partial charge in [-0.25, -0.2) is 4.89 Å². The molecule has 1 rings (SSSR count). The van der Waals surface area contributed by atoms with Crippen LogP contribution in [0.15, 0.2) is 0 Å². The van der Waals surface area contributed by atoms with E-state index in [1.807, 2.05) is 6.92 Å². The summed E-state index contributed by atoms with van der Waals surface area (Å²) in [7, 11) is 0. The Hall–Kier alpha value is -0.0800. The summed E-state index contributed by atoms with van der Waals surface area (Å²) in [5.41, 5.74) is -0.224. The molecule has 0 aliphatic heterocycles. The Bertz CT molecular complexity index is 84.9. The zero-order valence-electron chi connectivity index (χ0n) is 5.89. The van der Waals surface area contributed by atoms with Crippen molar-refractivity contribution < 1.29 is 10.1 Å². The van der Waals surface area contributed by atoms with Crippen LogP contribution in [0.2, 0.25) is 0 Å². The lowest BCUT2D eigenvalue weighted by molar-refractivity contribution is -0.324. The minimum atomic E-state index is -0.224. The lowest BCUT2D eigenvalue weighted by atomic mass is 9.87. The number of hydrogen-bond acceptors (Lipinski definition) is 2. The van der Waals surface area contributed by atoms with Gasteiger partial charge in [-0.3, -0.25) is 5.26 Å². The molecule has 0 amide bonds. The summed E-state index contributed by atoms with van der Waals surface area (Å²) in [4.78, 5) is 4.38. The van der Waals surface area contributed by atoms with Crippen molar-refractivity contribution in [1.29, 1.82) is 0 Å². The average Bonchev–Trinajstić information content (AvgIpc) is 1.90. The third-order valence-corrected chi connectivity index (χ3v) is 2.13. The highest BCUT2D eigenvalue weighted by Gasteiger charge is 2.27. The van der Waals surface area contributed by atoms with Gasteiger partial charge in [0.1, 0.15) is 5.60 Å². The largest absolute Gasteiger partial charge is 0.251 e. The zero-order chi connectivity index (χ0) is 6.74. The maximum Gasteiger partial charge on any atom is 0.100 e. The first-order valence-electron chi connectivity index (χ1n) is 3.59. The lowest BCUT2D eigenvalue weighted by Gasteiger charge is -2.29. The van der Waals surface area contributed by atoms with Gasteiger partial charge in [-0.15, -0.1) is 0 Å². The highest BCUT2D eigenvalue weighted by atomic mass is 17.1. The Morgan fingerprint density at radius 3 is 2.11 bits per heavy atom. The summed E-state index contributed by atoms with van der Waals surface area (Å²) >= 11 is 0. The van der Waals surface area contributed by atoms with Gasteiger partial charge < -0.3 is 0 Å². The third kappa shape index (κ3) is 1.66. The Morgan fingerprint density at radius 2 is 1.78 bits per heavy atom. The molecule has 9 heavy (non-hydrogen) atoms. The Labute approximate surface area is 55.8 Å². The van der Waals surface area contributed by atoms with Gasteiger partial charge in [-0.05, 0) is 19.8 Å². The molecule has 0 heterocycles. The second kappa shape index (κ2) is 2.67. The molecule has 54 valence electrons. The first-order chi connectivity index (χ1) is 4.27. The van der Waals surface area contributed by atoms with E-state index in [0.29, 0.717) is 0 Å². The molecule has 2 nitrogen and oxygen atoms in total. The smallest absolute Gasteiger partial charge is 0.100 e. The summed E-state index contributed by atoms with van der Waals surface area (Å²) in [5, 5.41) is 8.45. The molecular weight excluding hydrogens is 116 g/mol. The zero-order valence-corrected chi connectivity index (χ0v) is 5.89. The molecule has 0 aromatic rings. The highest BCUT2D eigenvalue weighted by Crippen LogP contribution is 2.29. The van der Waals surface area contributed by atoms with Gasteiger partial charge in [0.25, 0.3) is 0 Å². The molecule has 0 saturated heterocycles. The van der Waals surface area contributed by atoms with E-state index in [0.717, 1.165) is 12.8 Å². The van der Waals surface area contributed by atoms with E-state index < -0.39 is 0 Å². The third-order valence-electron chi connectivity index (χ3n) is 2.13. The summed E-state index contributed by atoms with van der Waals surface area (Å²) in [6.45, 7) is 1.96. The van der Waals surface area contributed by atoms with Crippen LogP contribution in [-0.4, -0.2) is 10.9 Å². The first kappa shape index (κ1) is 7.03. The summed E-state index contributed by atoms with van der Waals surface area (Å²) < 4.78 is 0. The van der Waals surface area contributed by atoms with Crippen molar-refractivity contribution in [1.82, 2.24) is 0 Å². The van der Waals surface area contributed by atoms with E-state index in [2.05, 4.69) is 4.89 Å². The quantitative estimate of drug-likeness (QED) is 0.435. The normalized spacial score (nSPS) is 26.0. The van der Waals surface area contributed by atoms with Crippen LogP contribution >= 0.6 is 0 Å². The van der Waals surface area contributed by atoms with E-state index in [1.165, 1.54) is 19.3 Å². The van der Waals surface area contributed by atoms with E-state index in [-0.39, 0.29) is 5.60 Å². The molecule has 0 aromatic carbocycles. The molecule has 0 bridgehead atoms. The maximum absolute atomic E-state index is 8.45. The standard InChI is InChI=1S/C7H14O2/c1-7(9-8)5-3-2-4-6-7/h8H,2-6H2,1H3. The van der Waals surface area contributed by atoms with Crippen LogP contribution in [0.1, 0.15) is 39.0 Å². The fraction of sp³-hybridized carbons (Fsp3) is 1.00. The molecule has 0 radical (unpaired) electrons. The Morgan fingerprint density at radius 1 is 1.22 bits per heavy atom. The van der Waals surface area contributed by atoms with Gasteiger partial charge in [-0.2, -0.15) is 0 Å². The van der Waals surface area contributed by atoms with E-state index >= 15 is 0 Å². The molecule has 0 unspecified atom stereocenters. The topological polar surface area (TPSA) is 29.5 Å². The molecule has 0 atom stereocenters. The molecule has 1 aliphatic rings. The summed E-state index contributed by atoms with van der Waals surface area (Å²) in [5.74, 6) is 0. The Kier molecular flexibility index (Phi) is 2.09. The number of hydrogen-bond donors (Lipinski definition) is 1. The summed E-state index contributed by atoms with van der Waals surface area (Å²) in [6, 6.07) is 0. The van der Waals surface area contributed by atoms with Crippen LogP contribution in [0.4, 0.5) is 0 Å². The number of rotatable bonds is 1. The van der Waals surface area contributed by atoms with Crippen molar-refractivity contribution in [2.75, 3.05) is 0 Å². The fourth-order valence-electron chi connectivity index (χ4n) is 1.39. The molecule has 1 N–H and O–H groups in total. The Balaban J connectivity index is 2.37. The predicted molar refractivity (Wildman–Crippen MR) is 35.2 cm³/mol. The van der Waals surface area contributed by atoms with Crippen LogP contribution in [0.25, 0.3) is 0 Å². The first-order valence-corrected chi connectivity index (χ1v) is 3.59. The van der Waals surface area contributed by atoms with Crippen molar-refractivity contribution in [2.24, 2.45) is 0 Å². The van der Waals surface area contributed by atoms with Gasteiger partial charge in [0, 0.05) is 0 Å². The van der Waals surface area contributed by atoms with Gasteiger partial charge >= 0.3 is 0 Å². The van der Waals surface area contributed by atoms with Crippen molar-refractivity contribution in [3.8, 4) is 0 Å². The molecule has 1 fully saturated rings. The van der Waals surface area contributed by atoms with Crippen LogP contribution in [0, 0.1) is 0 Å². The van der Waals surface area contributed by atoms with Crippen molar-refractivity contribution in [2.45, 2.75) is 44.6 Å². The van der Waals surface area contributed by atoms with Gasteiger partial charge in [0.2, 0.25) is 0 Å². The maximum atomic E-state index is 8.45. The lowest BCUT2D eigenvalue weighted by Crippen LogP contribution is -2.29. The van der Waals surface area contributed by atoms with E-state index in [1.54, 1.807) is 0 Å². The van der Waals surface area contributed by atoms with Crippen LogP contribution in [0.5, 0.6) is 0 Å². The van der Waals surface area contributed by atoms with Crippen LogP contribution in [0.3, 0.4) is 0 Å². The van der Waals surface area contributed by atoms with E-state index in [9.17, 15) is 0 Å². The molecule has 1 aliphatic carbocycles. The minimum Gasteiger partial charge on any atom is -0.251 e. The average molecular weight is 130 g/mol. The summed E-state index contributed by atoms with van der Waals surface area (Å²) in [6.07, 6.45) is 5.68. The molecular formula is C7H14O2. The second-order valence-corrected chi connectivity index (χ2v) is 3.10. The second-order valence-electron chi connectivity index (χ2n) is 3.10. The predicted octanol–water partition coefficient (Wildman–Crippen LogP) is 2.20. The minimum absolute atomic E-state index is 0.224.